The molecule has 0 amide bonds. The van der Waals surface area contributed by atoms with Crippen LogP contribution in [0, 0.1) is 5.82 Å². The fourth-order valence-electron chi connectivity index (χ4n) is 1.82. The van der Waals surface area contributed by atoms with Crippen molar-refractivity contribution in [3.8, 4) is 11.4 Å². The van der Waals surface area contributed by atoms with Crippen LogP contribution < -0.4 is 0 Å². The fraction of sp³-hybridized carbons (Fsp3) is 0. The van der Waals surface area contributed by atoms with Crippen LogP contribution in [-0.4, -0.2) is 9.97 Å². The average Bonchev–Trinajstić information content (AvgIpc) is 2.39. The second kappa shape index (κ2) is 4.76. The molecule has 0 aliphatic carbocycles. The molecular weight excluding hydrogens is 286 g/mol. The van der Waals surface area contributed by atoms with Crippen LogP contribution in [-0.2, 0) is 0 Å². The summed E-state index contributed by atoms with van der Waals surface area (Å²) in [7, 11) is 0. The minimum atomic E-state index is -0.367. The fourth-order valence-corrected chi connectivity index (χ4v) is 2.24. The van der Waals surface area contributed by atoms with E-state index in [1.165, 1.54) is 12.1 Å². The summed E-state index contributed by atoms with van der Waals surface area (Å²) in [6, 6.07) is 11.4. The molecule has 5 heteroatoms. The van der Waals surface area contributed by atoms with E-state index in [-0.39, 0.29) is 11.0 Å². The molecule has 2 aromatic carbocycles. The van der Waals surface area contributed by atoms with Crippen molar-refractivity contribution < 1.29 is 4.39 Å². The Labute approximate surface area is 118 Å². The lowest BCUT2D eigenvalue weighted by atomic mass is 10.2. The first-order chi connectivity index (χ1) is 9.13. The molecule has 0 spiro atoms. The Balaban J connectivity index is 2.24. The summed E-state index contributed by atoms with van der Waals surface area (Å²) < 4.78 is 13.2. The van der Waals surface area contributed by atoms with Gasteiger partial charge in [0.25, 0.3) is 0 Å². The van der Waals surface area contributed by atoms with Gasteiger partial charge in [-0.25, -0.2) is 14.4 Å². The molecule has 0 radical (unpaired) electrons. The lowest BCUT2D eigenvalue weighted by Crippen LogP contribution is -1.92. The number of benzene rings is 2. The van der Waals surface area contributed by atoms with E-state index < -0.39 is 0 Å². The van der Waals surface area contributed by atoms with Crippen LogP contribution in [0.4, 0.5) is 4.39 Å². The molecule has 0 N–H and O–H groups in total. The lowest BCUT2D eigenvalue weighted by Gasteiger charge is -2.05. The van der Waals surface area contributed by atoms with Crippen molar-refractivity contribution >= 4 is 34.1 Å². The van der Waals surface area contributed by atoms with Crippen LogP contribution in [0.25, 0.3) is 22.3 Å². The Hall–Kier alpha value is -1.71. The number of nitrogens with zero attached hydrogens (tertiary/aromatic N) is 2. The van der Waals surface area contributed by atoms with E-state index in [4.69, 9.17) is 23.2 Å². The molecule has 0 bridgehead atoms. The predicted molar refractivity (Wildman–Crippen MR) is 75.0 cm³/mol. The molecule has 1 aromatic heterocycles. The molecule has 3 aromatic rings. The number of aromatic nitrogens is 2. The zero-order valence-electron chi connectivity index (χ0n) is 9.57. The summed E-state index contributed by atoms with van der Waals surface area (Å²) in [5, 5.41) is 1.31. The van der Waals surface area contributed by atoms with Crippen molar-refractivity contribution in [3.05, 3.63) is 58.5 Å². The molecule has 1 heterocycles. The van der Waals surface area contributed by atoms with Gasteiger partial charge in [0.15, 0.2) is 5.82 Å². The van der Waals surface area contributed by atoms with Crippen molar-refractivity contribution in [1.29, 1.82) is 0 Å². The van der Waals surface area contributed by atoms with E-state index in [2.05, 4.69) is 9.97 Å². The van der Waals surface area contributed by atoms with Gasteiger partial charge in [0, 0.05) is 16.0 Å². The van der Waals surface area contributed by atoms with Gasteiger partial charge in [-0.1, -0.05) is 35.3 Å². The topological polar surface area (TPSA) is 25.8 Å². The van der Waals surface area contributed by atoms with Crippen molar-refractivity contribution in [2.24, 2.45) is 0 Å². The van der Waals surface area contributed by atoms with Gasteiger partial charge < -0.3 is 0 Å². The van der Waals surface area contributed by atoms with Gasteiger partial charge >= 0.3 is 0 Å². The molecule has 94 valence electrons. The smallest absolute Gasteiger partial charge is 0.161 e. The molecule has 3 rings (SSSR count). The van der Waals surface area contributed by atoms with E-state index in [9.17, 15) is 4.39 Å². The highest BCUT2D eigenvalue weighted by Gasteiger charge is 2.09. The Bertz CT molecular complexity index is 774. The van der Waals surface area contributed by atoms with Crippen LogP contribution in [0.15, 0.2) is 42.5 Å². The van der Waals surface area contributed by atoms with Crippen LogP contribution in [0.3, 0.4) is 0 Å². The van der Waals surface area contributed by atoms with Crippen LogP contribution in [0.1, 0.15) is 0 Å². The zero-order valence-corrected chi connectivity index (χ0v) is 11.1. The van der Waals surface area contributed by atoms with Crippen LogP contribution >= 0.6 is 23.2 Å². The van der Waals surface area contributed by atoms with E-state index >= 15 is 0 Å². The Morgan fingerprint density at radius 3 is 2.58 bits per heavy atom. The maximum atomic E-state index is 13.2. The first-order valence-electron chi connectivity index (χ1n) is 5.52. The predicted octanol–water partition coefficient (Wildman–Crippen LogP) is 4.74. The molecule has 0 fully saturated rings. The van der Waals surface area contributed by atoms with Gasteiger partial charge in [0.1, 0.15) is 11.0 Å². The minimum Gasteiger partial charge on any atom is -0.228 e. The van der Waals surface area contributed by atoms with Crippen LogP contribution in [0.2, 0.25) is 10.2 Å². The van der Waals surface area contributed by atoms with E-state index in [0.29, 0.717) is 21.7 Å². The summed E-state index contributed by atoms with van der Waals surface area (Å²) in [5.74, 6) is 0.0973. The summed E-state index contributed by atoms with van der Waals surface area (Å²) in [5.41, 5.74) is 1.36. The first-order valence-corrected chi connectivity index (χ1v) is 6.28. The highest BCUT2D eigenvalue weighted by molar-refractivity contribution is 6.34. The average molecular weight is 293 g/mol. The van der Waals surface area contributed by atoms with Crippen molar-refractivity contribution in [3.63, 3.8) is 0 Å². The molecule has 2 nitrogen and oxygen atoms in total. The highest BCUT2D eigenvalue weighted by atomic mass is 35.5. The van der Waals surface area contributed by atoms with E-state index in [1.54, 1.807) is 18.2 Å². The van der Waals surface area contributed by atoms with Gasteiger partial charge in [-0.05, 0) is 30.3 Å². The molecule has 0 aliphatic heterocycles. The SMILES string of the molecule is Fc1ccc2nc(-c3cccc(Cl)c3)nc(Cl)c2c1. The van der Waals surface area contributed by atoms with Gasteiger partial charge in [-0.15, -0.1) is 0 Å². The first kappa shape index (κ1) is 12.3. The minimum absolute atomic E-state index is 0.222. The zero-order chi connectivity index (χ0) is 13.4. The third-order valence-electron chi connectivity index (χ3n) is 2.69. The van der Waals surface area contributed by atoms with Gasteiger partial charge in [-0.3, -0.25) is 0 Å². The molecule has 19 heavy (non-hydrogen) atoms. The van der Waals surface area contributed by atoms with Gasteiger partial charge in [0.05, 0.1) is 5.52 Å². The molecule has 0 saturated heterocycles. The van der Waals surface area contributed by atoms with Crippen molar-refractivity contribution in [2.45, 2.75) is 0 Å². The highest BCUT2D eigenvalue weighted by Crippen LogP contribution is 2.26. The molecule has 0 aliphatic rings. The summed E-state index contributed by atoms with van der Waals surface area (Å²) in [6.07, 6.45) is 0. The Kier molecular flexibility index (Phi) is 3.09. The number of rotatable bonds is 1. The third kappa shape index (κ3) is 2.39. The quantitative estimate of drug-likeness (QED) is 0.605. The van der Waals surface area contributed by atoms with Crippen LogP contribution in [0.5, 0.6) is 0 Å². The largest absolute Gasteiger partial charge is 0.228 e. The molecular formula is C14H7Cl2FN2. The standard InChI is InChI=1S/C14H7Cl2FN2/c15-9-3-1-2-8(6-9)14-18-12-5-4-10(17)7-11(12)13(16)19-14/h1-7H. The maximum Gasteiger partial charge on any atom is 0.161 e. The van der Waals surface area contributed by atoms with Gasteiger partial charge in [-0.2, -0.15) is 0 Å². The number of halogens is 3. The van der Waals surface area contributed by atoms with Gasteiger partial charge in [0.2, 0.25) is 0 Å². The maximum absolute atomic E-state index is 13.2. The number of hydrogen-bond acceptors (Lipinski definition) is 2. The number of fused-ring (bicyclic) bond motifs is 1. The van der Waals surface area contributed by atoms with Crippen molar-refractivity contribution in [1.82, 2.24) is 9.97 Å². The lowest BCUT2D eigenvalue weighted by molar-refractivity contribution is 0.629. The Morgan fingerprint density at radius 2 is 1.79 bits per heavy atom. The summed E-state index contributed by atoms with van der Waals surface area (Å²) in [6.45, 7) is 0. The van der Waals surface area contributed by atoms with Crippen molar-refractivity contribution in [2.75, 3.05) is 0 Å². The third-order valence-corrected chi connectivity index (χ3v) is 3.22. The second-order valence-corrected chi connectivity index (χ2v) is 4.80. The number of hydrogen-bond donors (Lipinski definition) is 0. The second-order valence-electron chi connectivity index (χ2n) is 4.01. The summed E-state index contributed by atoms with van der Waals surface area (Å²) in [4.78, 5) is 8.55. The molecule has 0 saturated carbocycles. The Morgan fingerprint density at radius 1 is 0.947 bits per heavy atom. The van der Waals surface area contributed by atoms with E-state index in [1.807, 2.05) is 12.1 Å². The van der Waals surface area contributed by atoms with E-state index in [0.717, 1.165) is 5.56 Å². The normalized spacial score (nSPS) is 10.9. The monoisotopic (exact) mass is 292 g/mol. The summed E-state index contributed by atoms with van der Waals surface area (Å²) >= 11 is 12.0. The molecule has 0 atom stereocenters. The molecule has 0 unspecified atom stereocenters.